The maximum Gasteiger partial charge on any atom is 0.249 e. The van der Waals surface area contributed by atoms with E-state index < -0.39 is 24.4 Å². The second kappa shape index (κ2) is 10.4. The summed E-state index contributed by atoms with van der Waals surface area (Å²) in [5.74, 6) is 0.609. The van der Waals surface area contributed by atoms with Crippen molar-refractivity contribution in [3.8, 4) is 5.75 Å². The zero-order chi connectivity index (χ0) is 21.7. The van der Waals surface area contributed by atoms with E-state index in [9.17, 15) is 14.3 Å². The second-order valence-corrected chi connectivity index (χ2v) is 8.56. The number of carbonyl (C=O) groups excluding carboxylic acids is 1. The van der Waals surface area contributed by atoms with Gasteiger partial charge in [-0.15, -0.1) is 0 Å². The minimum absolute atomic E-state index is 0.0490. The summed E-state index contributed by atoms with van der Waals surface area (Å²) >= 11 is 2.18. The molecule has 2 N–H and O–H groups in total. The summed E-state index contributed by atoms with van der Waals surface area (Å²) in [5, 5.41) is 14.3. The first kappa shape index (κ1) is 22.8. The van der Waals surface area contributed by atoms with Crippen molar-refractivity contribution in [1.29, 1.82) is 0 Å². The van der Waals surface area contributed by atoms with Crippen molar-refractivity contribution < 1.29 is 19.0 Å². The number of alkyl halides is 1. The van der Waals surface area contributed by atoms with Gasteiger partial charge in [-0.25, -0.2) is 4.39 Å². The fraction of sp³-hybridized carbons (Fsp3) is 0.435. The van der Waals surface area contributed by atoms with Crippen LogP contribution < -0.4 is 10.1 Å². The molecule has 0 radical (unpaired) electrons. The SMILES string of the molecule is CCN(CC)C(=O)C1=C[C@H](Oc2ccccc2I)[C@@H](O)[C@H](NC2=CCC(F)C=C2)C1. The molecule has 1 aromatic rings. The molecule has 7 heteroatoms. The largest absolute Gasteiger partial charge is 0.482 e. The van der Waals surface area contributed by atoms with E-state index in [0.717, 1.165) is 9.27 Å². The van der Waals surface area contributed by atoms with Gasteiger partial charge in [0.25, 0.3) is 0 Å². The van der Waals surface area contributed by atoms with E-state index in [1.54, 1.807) is 23.1 Å². The summed E-state index contributed by atoms with van der Waals surface area (Å²) in [5.41, 5.74) is 1.36. The van der Waals surface area contributed by atoms with Crippen LogP contribution in [0.5, 0.6) is 5.75 Å². The molecule has 0 bridgehead atoms. The molecule has 0 aliphatic heterocycles. The summed E-state index contributed by atoms with van der Waals surface area (Å²) in [7, 11) is 0. The highest BCUT2D eigenvalue weighted by Gasteiger charge is 2.36. The quantitative estimate of drug-likeness (QED) is 0.532. The zero-order valence-electron chi connectivity index (χ0n) is 17.2. The van der Waals surface area contributed by atoms with Crippen molar-refractivity contribution in [2.24, 2.45) is 0 Å². The van der Waals surface area contributed by atoms with Gasteiger partial charge in [-0.05, 0) is 66.8 Å². The van der Waals surface area contributed by atoms with Gasteiger partial charge in [0.2, 0.25) is 5.91 Å². The highest BCUT2D eigenvalue weighted by atomic mass is 127. The van der Waals surface area contributed by atoms with Gasteiger partial charge in [-0.2, -0.15) is 0 Å². The molecule has 0 fully saturated rings. The van der Waals surface area contributed by atoms with Crippen molar-refractivity contribution in [3.05, 3.63) is 63.4 Å². The van der Waals surface area contributed by atoms with Gasteiger partial charge < -0.3 is 20.1 Å². The number of aliphatic hydroxyl groups excluding tert-OH is 1. The second-order valence-electron chi connectivity index (χ2n) is 7.40. The number of allylic oxidation sites excluding steroid dienone is 3. The van der Waals surface area contributed by atoms with E-state index >= 15 is 0 Å². The fourth-order valence-electron chi connectivity index (χ4n) is 3.67. The maximum absolute atomic E-state index is 13.4. The van der Waals surface area contributed by atoms with Crippen LogP contribution in [0, 0.1) is 3.57 Å². The van der Waals surface area contributed by atoms with Crippen LogP contribution in [0.1, 0.15) is 26.7 Å². The maximum atomic E-state index is 13.4. The van der Waals surface area contributed by atoms with Crippen molar-refractivity contribution in [2.45, 2.75) is 51.1 Å². The molecular weight excluding hydrogens is 498 g/mol. The highest BCUT2D eigenvalue weighted by Crippen LogP contribution is 2.28. The summed E-state index contributed by atoms with van der Waals surface area (Å²) in [6.45, 7) is 5.11. The topological polar surface area (TPSA) is 61.8 Å². The predicted octanol–water partition coefficient (Wildman–Crippen LogP) is 3.74. The van der Waals surface area contributed by atoms with Crippen LogP contribution in [0.4, 0.5) is 4.39 Å². The van der Waals surface area contributed by atoms with Crippen LogP contribution in [0.15, 0.2) is 59.8 Å². The summed E-state index contributed by atoms with van der Waals surface area (Å²) in [6.07, 6.45) is 4.83. The molecule has 30 heavy (non-hydrogen) atoms. The van der Waals surface area contributed by atoms with E-state index in [-0.39, 0.29) is 5.91 Å². The molecule has 0 saturated carbocycles. The lowest BCUT2D eigenvalue weighted by molar-refractivity contribution is -0.127. The molecule has 1 unspecified atom stereocenters. The molecular formula is C23H28FIN2O3. The number of hydrogen-bond donors (Lipinski definition) is 2. The third-order valence-electron chi connectivity index (χ3n) is 5.38. The number of hydrogen-bond acceptors (Lipinski definition) is 4. The average Bonchev–Trinajstić information content (AvgIpc) is 2.74. The van der Waals surface area contributed by atoms with Gasteiger partial charge in [-0.3, -0.25) is 4.79 Å². The zero-order valence-corrected chi connectivity index (χ0v) is 19.4. The smallest absolute Gasteiger partial charge is 0.249 e. The molecule has 4 atom stereocenters. The Morgan fingerprint density at radius 3 is 2.70 bits per heavy atom. The molecule has 0 heterocycles. The molecule has 1 amide bonds. The van der Waals surface area contributed by atoms with E-state index in [1.165, 1.54) is 6.08 Å². The van der Waals surface area contributed by atoms with Gasteiger partial charge in [0.05, 0.1) is 9.61 Å². The van der Waals surface area contributed by atoms with E-state index in [4.69, 9.17) is 4.74 Å². The fourth-order valence-corrected chi connectivity index (χ4v) is 4.18. The number of benzene rings is 1. The highest BCUT2D eigenvalue weighted by molar-refractivity contribution is 14.1. The molecule has 1 aromatic carbocycles. The summed E-state index contributed by atoms with van der Waals surface area (Å²) in [4.78, 5) is 14.8. The Labute approximate surface area is 190 Å². The van der Waals surface area contributed by atoms with Crippen LogP contribution in [-0.4, -0.2) is 53.4 Å². The van der Waals surface area contributed by atoms with Crippen LogP contribution in [0.2, 0.25) is 0 Å². The van der Waals surface area contributed by atoms with Crippen molar-refractivity contribution >= 4 is 28.5 Å². The van der Waals surface area contributed by atoms with Crippen LogP contribution in [-0.2, 0) is 4.79 Å². The third-order valence-corrected chi connectivity index (χ3v) is 6.27. The van der Waals surface area contributed by atoms with E-state index in [0.29, 0.717) is 37.3 Å². The van der Waals surface area contributed by atoms with Crippen LogP contribution in [0.3, 0.4) is 0 Å². The Bertz CT molecular complexity index is 851. The van der Waals surface area contributed by atoms with Gasteiger partial charge in [-0.1, -0.05) is 18.2 Å². The van der Waals surface area contributed by atoms with Gasteiger partial charge in [0.1, 0.15) is 24.1 Å². The number of rotatable bonds is 7. The molecule has 0 spiro atoms. The molecule has 162 valence electrons. The molecule has 0 saturated heterocycles. The number of para-hydroxylation sites is 1. The standard InChI is InChI=1S/C23H28FIN2O3/c1-3-27(4-2)23(29)15-13-19(26-17-11-9-16(24)10-12-17)22(28)21(14-15)30-20-8-6-5-7-18(20)25/h5-9,11-12,14,16,19,21-22,26,28H,3-4,10,13H2,1-2H3/t16?,19-,21+,22+/m1/s1. The van der Waals surface area contributed by atoms with Crippen molar-refractivity contribution in [3.63, 3.8) is 0 Å². The number of likely N-dealkylation sites (N-methyl/N-ethyl adjacent to an activating group) is 1. The first-order valence-electron chi connectivity index (χ1n) is 10.3. The lowest BCUT2D eigenvalue weighted by atomic mass is 9.88. The van der Waals surface area contributed by atoms with Crippen LogP contribution in [0.25, 0.3) is 0 Å². The normalized spacial score (nSPS) is 25.9. The molecule has 2 aliphatic rings. The van der Waals surface area contributed by atoms with Gasteiger partial charge in [0, 0.05) is 37.2 Å². The lowest BCUT2D eigenvalue weighted by Gasteiger charge is -2.36. The molecule has 0 aromatic heterocycles. The monoisotopic (exact) mass is 526 g/mol. The number of amides is 1. The number of nitrogens with one attached hydrogen (secondary N) is 1. The Morgan fingerprint density at radius 1 is 1.33 bits per heavy atom. The number of nitrogens with zero attached hydrogens (tertiary/aromatic N) is 1. The first-order valence-corrected chi connectivity index (χ1v) is 11.4. The average molecular weight is 526 g/mol. The molecule has 2 aliphatic carbocycles. The Kier molecular flexibility index (Phi) is 7.93. The predicted molar refractivity (Wildman–Crippen MR) is 124 cm³/mol. The van der Waals surface area contributed by atoms with E-state index in [2.05, 4.69) is 27.9 Å². The minimum atomic E-state index is -0.984. The summed E-state index contributed by atoms with van der Waals surface area (Å²) in [6, 6.07) is 7.14. The number of aliphatic hydroxyl groups is 1. The lowest BCUT2D eigenvalue weighted by Crippen LogP contribution is -2.51. The van der Waals surface area contributed by atoms with Crippen LogP contribution >= 0.6 is 22.6 Å². The molecule has 5 nitrogen and oxygen atoms in total. The summed E-state index contributed by atoms with van der Waals surface area (Å²) < 4.78 is 20.4. The Hall–Kier alpha value is -1.87. The van der Waals surface area contributed by atoms with Gasteiger partial charge >= 0.3 is 0 Å². The van der Waals surface area contributed by atoms with E-state index in [1.807, 2.05) is 38.1 Å². The van der Waals surface area contributed by atoms with Gasteiger partial charge in [0.15, 0.2) is 0 Å². The third kappa shape index (κ3) is 5.43. The number of halogens is 2. The Balaban J connectivity index is 1.86. The molecule has 3 rings (SSSR count). The van der Waals surface area contributed by atoms with Crippen molar-refractivity contribution in [1.82, 2.24) is 10.2 Å². The number of carbonyl (C=O) groups is 1. The number of ether oxygens (including phenoxy) is 1. The first-order chi connectivity index (χ1) is 14.4. The van der Waals surface area contributed by atoms with Crippen molar-refractivity contribution in [2.75, 3.05) is 13.1 Å². The minimum Gasteiger partial charge on any atom is -0.482 e. The Morgan fingerprint density at radius 2 is 2.07 bits per heavy atom.